The number of aliphatic hydroxyl groups excluding tert-OH is 1. The average Bonchev–Trinajstić information content (AvgIpc) is 2.97. The van der Waals surface area contributed by atoms with Crippen molar-refractivity contribution in [2.45, 2.75) is 51.9 Å². The standard InChI is InChI=1S/C15H24N2O4S/c1-4-20-14(18)12-9-22-13(16-12)11-5-7-17(8-6-11)15(19)21-10(2)3/h9-11,14,18H,4-8H2,1-3H3. The maximum Gasteiger partial charge on any atom is 0.410 e. The Bertz CT molecular complexity index is 484. The first-order valence-corrected chi connectivity index (χ1v) is 8.59. The number of aromatic nitrogens is 1. The summed E-state index contributed by atoms with van der Waals surface area (Å²) in [5.41, 5.74) is 0.573. The molecule has 0 radical (unpaired) electrons. The largest absolute Gasteiger partial charge is 0.447 e. The number of hydrogen-bond acceptors (Lipinski definition) is 6. The van der Waals surface area contributed by atoms with Crippen LogP contribution in [0.3, 0.4) is 0 Å². The monoisotopic (exact) mass is 328 g/mol. The van der Waals surface area contributed by atoms with Crippen molar-refractivity contribution in [2.24, 2.45) is 0 Å². The highest BCUT2D eigenvalue weighted by molar-refractivity contribution is 7.09. The number of ether oxygens (including phenoxy) is 2. The second-order valence-corrected chi connectivity index (χ2v) is 6.50. The minimum Gasteiger partial charge on any atom is -0.447 e. The van der Waals surface area contributed by atoms with E-state index in [1.54, 1.807) is 16.2 Å². The van der Waals surface area contributed by atoms with E-state index in [1.165, 1.54) is 0 Å². The van der Waals surface area contributed by atoms with E-state index in [2.05, 4.69) is 4.98 Å². The Balaban J connectivity index is 1.88. The lowest BCUT2D eigenvalue weighted by atomic mass is 9.98. The molecule has 7 heteroatoms. The molecule has 2 heterocycles. The zero-order valence-electron chi connectivity index (χ0n) is 13.3. The van der Waals surface area contributed by atoms with E-state index in [1.807, 2.05) is 26.2 Å². The third-order valence-electron chi connectivity index (χ3n) is 3.56. The van der Waals surface area contributed by atoms with Crippen LogP contribution < -0.4 is 0 Å². The summed E-state index contributed by atoms with van der Waals surface area (Å²) < 4.78 is 10.4. The molecule has 0 saturated carbocycles. The van der Waals surface area contributed by atoms with Crippen LogP contribution in [0.25, 0.3) is 0 Å². The van der Waals surface area contributed by atoms with Gasteiger partial charge in [0.15, 0.2) is 6.29 Å². The number of rotatable bonds is 5. The summed E-state index contributed by atoms with van der Waals surface area (Å²) >= 11 is 1.54. The Morgan fingerprint density at radius 2 is 2.18 bits per heavy atom. The summed E-state index contributed by atoms with van der Waals surface area (Å²) in [6.45, 7) is 7.35. The summed E-state index contributed by atoms with van der Waals surface area (Å²) in [4.78, 5) is 18.1. The molecule has 0 aromatic carbocycles. The Kier molecular flexibility index (Phi) is 6.16. The molecule has 2 rings (SSSR count). The number of carbonyl (C=O) groups excluding carboxylic acids is 1. The van der Waals surface area contributed by atoms with E-state index in [0.717, 1.165) is 17.8 Å². The first-order valence-electron chi connectivity index (χ1n) is 7.71. The van der Waals surface area contributed by atoms with E-state index < -0.39 is 6.29 Å². The molecule has 0 aliphatic carbocycles. The topological polar surface area (TPSA) is 71.9 Å². The van der Waals surface area contributed by atoms with Crippen molar-refractivity contribution < 1.29 is 19.4 Å². The molecule has 1 unspecified atom stereocenters. The van der Waals surface area contributed by atoms with E-state index in [0.29, 0.717) is 31.3 Å². The third-order valence-corrected chi connectivity index (χ3v) is 4.58. The highest BCUT2D eigenvalue weighted by Gasteiger charge is 2.27. The zero-order chi connectivity index (χ0) is 16.1. The quantitative estimate of drug-likeness (QED) is 0.842. The van der Waals surface area contributed by atoms with E-state index in [4.69, 9.17) is 9.47 Å². The molecule has 22 heavy (non-hydrogen) atoms. The van der Waals surface area contributed by atoms with E-state index in [9.17, 15) is 9.90 Å². The molecule has 6 nitrogen and oxygen atoms in total. The van der Waals surface area contributed by atoms with Gasteiger partial charge in [-0.25, -0.2) is 9.78 Å². The fourth-order valence-corrected chi connectivity index (χ4v) is 3.43. The van der Waals surface area contributed by atoms with Gasteiger partial charge in [0.2, 0.25) is 0 Å². The molecule has 1 aromatic rings. The summed E-state index contributed by atoms with van der Waals surface area (Å²) in [7, 11) is 0. The van der Waals surface area contributed by atoms with Gasteiger partial charge in [-0.05, 0) is 33.6 Å². The summed E-state index contributed by atoms with van der Waals surface area (Å²) in [5, 5.41) is 12.6. The van der Waals surface area contributed by atoms with Crippen LogP contribution in [0.15, 0.2) is 5.38 Å². The normalized spacial score (nSPS) is 17.8. The van der Waals surface area contributed by atoms with Crippen molar-refractivity contribution in [3.05, 3.63) is 16.1 Å². The van der Waals surface area contributed by atoms with E-state index in [-0.39, 0.29) is 12.2 Å². The van der Waals surface area contributed by atoms with Gasteiger partial charge in [0.05, 0.1) is 11.1 Å². The van der Waals surface area contributed by atoms with Gasteiger partial charge in [-0.2, -0.15) is 0 Å². The second kappa shape index (κ2) is 7.89. The van der Waals surface area contributed by atoms with Crippen LogP contribution in [-0.4, -0.2) is 46.9 Å². The zero-order valence-corrected chi connectivity index (χ0v) is 14.1. The minimum atomic E-state index is -0.948. The predicted octanol–water partition coefficient (Wildman–Crippen LogP) is 2.89. The molecule has 1 N–H and O–H groups in total. The maximum absolute atomic E-state index is 11.9. The minimum absolute atomic E-state index is 0.0909. The summed E-state index contributed by atoms with van der Waals surface area (Å²) in [5.74, 6) is 0.329. The first-order chi connectivity index (χ1) is 10.5. The average molecular weight is 328 g/mol. The molecule has 124 valence electrons. The molecule has 1 atom stereocenters. The molecule has 0 bridgehead atoms. The van der Waals surface area contributed by atoms with Gasteiger partial charge in [0.1, 0.15) is 5.69 Å². The number of thiazole rings is 1. The van der Waals surface area contributed by atoms with Gasteiger partial charge >= 0.3 is 6.09 Å². The lowest BCUT2D eigenvalue weighted by Crippen LogP contribution is -2.39. The molecule has 1 amide bonds. The molecular weight excluding hydrogens is 304 g/mol. The van der Waals surface area contributed by atoms with E-state index >= 15 is 0 Å². The van der Waals surface area contributed by atoms with Crippen LogP contribution in [0.4, 0.5) is 4.79 Å². The summed E-state index contributed by atoms with van der Waals surface area (Å²) in [6.07, 6.45) is 0.457. The van der Waals surface area contributed by atoms with Crippen LogP contribution >= 0.6 is 11.3 Å². The third kappa shape index (κ3) is 4.41. The number of aliphatic hydroxyl groups is 1. The van der Waals surface area contributed by atoms with Crippen molar-refractivity contribution in [2.75, 3.05) is 19.7 Å². The van der Waals surface area contributed by atoms with Crippen molar-refractivity contribution in [3.63, 3.8) is 0 Å². The van der Waals surface area contributed by atoms with Gasteiger partial charge in [-0.1, -0.05) is 0 Å². The number of piperidine rings is 1. The number of hydrogen-bond donors (Lipinski definition) is 1. The van der Waals surface area contributed by atoms with Crippen LogP contribution in [0.2, 0.25) is 0 Å². The van der Waals surface area contributed by atoms with Crippen molar-refractivity contribution in [1.82, 2.24) is 9.88 Å². The fraction of sp³-hybridized carbons (Fsp3) is 0.733. The van der Waals surface area contributed by atoms with Gasteiger partial charge in [0.25, 0.3) is 0 Å². The molecule has 1 fully saturated rings. The van der Waals surface area contributed by atoms with Crippen LogP contribution in [0.5, 0.6) is 0 Å². The van der Waals surface area contributed by atoms with Crippen molar-refractivity contribution in [3.8, 4) is 0 Å². The first kappa shape index (κ1) is 17.2. The van der Waals surface area contributed by atoms with Crippen LogP contribution in [0.1, 0.15) is 56.5 Å². The lowest BCUT2D eigenvalue weighted by Gasteiger charge is -2.30. The fourth-order valence-electron chi connectivity index (χ4n) is 2.43. The van der Waals surface area contributed by atoms with Crippen molar-refractivity contribution >= 4 is 17.4 Å². The molecule has 1 aliphatic heterocycles. The SMILES string of the molecule is CCOC(O)c1csc(C2CCN(C(=O)OC(C)C)CC2)n1. The molecular formula is C15H24N2O4S. The Labute approximate surface area is 135 Å². The number of nitrogens with zero attached hydrogens (tertiary/aromatic N) is 2. The number of carbonyl (C=O) groups is 1. The van der Waals surface area contributed by atoms with Gasteiger partial charge < -0.3 is 19.5 Å². The highest BCUT2D eigenvalue weighted by Crippen LogP contribution is 2.31. The highest BCUT2D eigenvalue weighted by atomic mass is 32.1. The second-order valence-electron chi connectivity index (χ2n) is 5.61. The summed E-state index contributed by atoms with van der Waals surface area (Å²) in [6, 6.07) is 0. The molecule has 0 spiro atoms. The Morgan fingerprint density at radius 1 is 1.50 bits per heavy atom. The Morgan fingerprint density at radius 3 is 2.77 bits per heavy atom. The Hall–Kier alpha value is -1.18. The van der Waals surface area contributed by atoms with Gasteiger partial charge in [0, 0.05) is 31.0 Å². The number of amides is 1. The van der Waals surface area contributed by atoms with Crippen molar-refractivity contribution in [1.29, 1.82) is 0 Å². The number of likely N-dealkylation sites (tertiary alicyclic amines) is 1. The molecule has 1 aliphatic rings. The van der Waals surface area contributed by atoms with Crippen LogP contribution in [-0.2, 0) is 9.47 Å². The van der Waals surface area contributed by atoms with Gasteiger partial charge in [-0.3, -0.25) is 0 Å². The smallest absolute Gasteiger partial charge is 0.410 e. The molecule has 1 saturated heterocycles. The lowest BCUT2D eigenvalue weighted by molar-refractivity contribution is -0.100. The van der Waals surface area contributed by atoms with Gasteiger partial charge in [-0.15, -0.1) is 11.3 Å². The predicted molar refractivity (Wildman–Crippen MR) is 83.9 cm³/mol. The van der Waals surface area contributed by atoms with Crippen LogP contribution in [0, 0.1) is 0 Å². The maximum atomic E-state index is 11.9. The molecule has 1 aromatic heterocycles.